The largest absolute Gasteiger partial charge is 0.466 e. The van der Waals surface area contributed by atoms with Crippen molar-refractivity contribution in [3.8, 4) is 0 Å². The van der Waals surface area contributed by atoms with Crippen molar-refractivity contribution in [1.29, 1.82) is 0 Å². The molecule has 0 aromatic rings. The fraction of sp³-hybridized carbons (Fsp3) is 0.808. The maximum atomic E-state index is 14.1. The summed E-state index contributed by atoms with van der Waals surface area (Å²) in [6.45, 7) is 14.4. The number of likely N-dealkylation sites (tertiary alicyclic amines) is 1. The molecular weight excluding hydrogens is 436 g/mol. The number of carbonyl (C=O) groups is 3. The number of unbranched alkanes of at least 4 members (excludes halogenated alkanes) is 1. The second-order valence-corrected chi connectivity index (χ2v) is 10.6. The standard InChI is InChI=1S/C26H42N2O6/c1-7-10-14-27(13-8-2)23(31)21-26-12-11-25(6,34-26)20(24(32)33-9-3)19(26)22(30)28(21)18(16-29)15-17(4)5/h8,17-21,29H,2,7,9-16H2,1,3-6H3/t18-,19+,20-,21?,25+,26?/m1/s1. The van der Waals surface area contributed by atoms with Crippen LogP contribution in [0.1, 0.15) is 66.7 Å². The molecule has 0 aliphatic carbocycles. The molecule has 2 unspecified atom stereocenters. The number of ether oxygens (including phenoxy) is 2. The van der Waals surface area contributed by atoms with Crippen LogP contribution in [-0.4, -0.2) is 82.3 Å². The number of hydrogen-bond acceptors (Lipinski definition) is 6. The molecule has 2 amide bonds. The molecule has 0 saturated carbocycles. The Kier molecular flexibility index (Phi) is 8.13. The lowest BCUT2D eigenvalue weighted by atomic mass is 9.66. The molecule has 3 aliphatic heterocycles. The van der Waals surface area contributed by atoms with Gasteiger partial charge in [0, 0.05) is 13.1 Å². The molecule has 2 bridgehead atoms. The number of hydrogen-bond donors (Lipinski definition) is 1. The Bertz CT molecular complexity index is 800. The third kappa shape index (κ3) is 4.28. The Morgan fingerprint density at radius 3 is 2.62 bits per heavy atom. The van der Waals surface area contributed by atoms with E-state index in [0.29, 0.717) is 32.4 Å². The first-order valence-corrected chi connectivity index (χ1v) is 12.8. The Hall–Kier alpha value is -1.93. The number of nitrogens with zero attached hydrogens (tertiary/aromatic N) is 2. The van der Waals surface area contributed by atoms with Gasteiger partial charge >= 0.3 is 5.97 Å². The highest BCUT2D eigenvalue weighted by molar-refractivity contribution is 5.98. The number of amides is 2. The third-order valence-corrected chi connectivity index (χ3v) is 7.78. The highest BCUT2D eigenvalue weighted by atomic mass is 16.6. The SMILES string of the molecule is C=CCN(CCCC)C(=O)C1N([C@@H](CO)CC(C)C)C(=O)[C@@H]2[C@H](C(=O)OCC)[C@]3(C)CCC12O3. The normalized spacial score (nSPS) is 32.7. The van der Waals surface area contributed by atoms with E-state index in [0.717, 1.165) is 12.8 Å². The topological polar surface area (TPSA) is 96.4 Å². The highest BCUT2D eigenvalue weighted by Gasteiger charge is 2.79. The summed E-state index contributed by atoms with van der Waals surface area (Å²) in [6, 6.07) is -1.42. The van der Waals surface area contributed by atoms with Crippen molar-refractivity contribution in [3.63, 3.8) is 0 Å². The van der Waals surface area contributed by atoms with Gasteiger partial charge in [0.25, 0.3) is 0 Å². The first kappa shape index (κ1) is 26.7. The van der Waals surface area contributed by atoms with Gasteiger partial charge in [0.15, 0.2) is 0 Å². The Labute approximate surface area is 203 Å². The fourth-order valence-corrected chi connectivity index (χ4v) is 6.42. The third-order valence-electron chi connectivity index (χ3n) is 7.78. The fourth-order valence-electron chi connectivity index (χ4n) is 6.42. The molecule has 0 aromatic carbocycles. The lowest BCUT2D eigenvalue weighted by molar-refractivity contribution is -0.161. The monoisotopic (exact) mass is 478 g/mol. The summed E-state index contributed by atoms with van der Waals surface area (Å²) >= 11 is 0. The molecule has 1 spiro atoms. The van der Waals surface area contributed by atoms with Gasteiger partial charge in [-0.3, -0.25) is 14.4 Å². The van der Waals surface area contributed by atoms with Gasteiger partial charge in [0.2, 0.25) is 11.8 Å². The Morgan fingerprint density at radius 2 is 2.06 bits per heavy atom. The van der Waals surface area contributed by atoms with Gasteiger partial charge in [-0.15, -0.1) is 6.58 Å². The van der Waals surface area contributed by atoms with Gasteiger partial charge in [-0.1, -0.05) is 33.3 Å². The number of aliphatic hydroxyl groups excluding tert-OH is 1. The van der Waals surface area contributed by atoms with Crippen LogP contribution in [0, 0.1) is 17.8 Å². The van der Waals surface area contributed by atoms with E-state index in [2.05, 4.69) is 13.5 Å². The molecule has 3 rings (SSSR count). The van der Waals surface area contributed by atoms with E-state index in [-0.39, 0.29) is 30.9 Å². The van der Waals surface area contributed by atoms with Crippen LogP contribution in [0.25, 0.3) is 0 Å². The predicted molar refractivity (Wildman–Crippen MR) is 128 cm³/mol. The number of esters is 1. The Morgan fingerprint density at radius 1 is 1.35 bits per heavy atom. The van der Waals surface area contributed by atoms with Crippen LogP contribution in [0.4, 0.5) is 0 Å². The average Bonchev–Trinajstić information content (AvgIpc) is 3.35. The molecule has 192 valence electrons. The molecule has 1 N–H and O–H groups in total. The smallest absolute Gasteiger partial charge is 0.312 e. The molecule has 3 heterocycles. The lowest BCUT2D eigenvalue weighted by Gasteiger charge is -2.40. The molecule has 3 saturated heterocycles. The molecule has 0 radical (unpaired) electrons. The maximum absolute atomic E-state index is 14.1. The summed E-state index contributed by atoms with van der Waals surface area (Å²) in [7, 11) is 0. The van der Waals surface area contributed by atoms with Gasteiger partial charge < -0.3 is 24.4 Å². The molecule has 8 nitrogen and oxygen atoms in total. The molecule has 3 fully saturated rings. The summed E-state index contributed by atoms with van der Waals surface area (Å²) in [6.07, 6.45) is 5.08. The first-order valence-electron chi connectivity index (χ1n) is 12.8. The summed E-state index contributed by atoms with van der Waals surface area (Å²) in [5.41, 5.74) is -1.95. The van der Waals surface area contributed by atoms with Gasteiger partial charge in [0.05, 0.1) is 30.8 Å². The van der Waals surface area contributed by atoms with E-state index in [1.165, 1.54) is 0 Å². The van der Waals surface area contributed by atoms with Crippen molar-refractivity contribution in [1.82, 2.24) is 9.80 Å². The van der Waals surface area contributed by atoms with Crippen LogP contribution in [0.3, 0.4) is 0 Å². The number of aliphatic hydroxyl groups is 1. The summed E-state index contributed by atoms with van der Waals surface area (Å²) in [4.78, 5) is 44.6. The van der Waals surface area contributed by atoms with Crippen LogP contribution in [0.5, 0.6) is 0 Å². The van der Waals surface area contributed by atoms with Crippen molar-refractivity contribution < 1.29 is 29.0 Å². The van der Waals surface area contributed by atoms with Crippen LogP contribution in [0.2, 0.25) is 0 Å². The van der Waals surface area contributed by atoms with Crippen LogP contribution < -0.4 is 0 Å². The molecule has 0 aromatic heterocycles. The summed E-state index contributed by atoms with van der Waals surface area (Å²) in [5, 5.41) is 10.3. The highest BCUT2D eigenvalue weighted by Crippen LogP contribution is 2.63. The minimum Gasteiger partial charge on any atom is -0.466 e. The van der Waals surface area contributed by atoms with Crippen molar-refractivity contribution in [2.45, 2.75) is 90.0 Å². The number of carbonyl (C=O) groups excluding carboxylic acids is 3. The van der Waals surface area contributed by atoms with E-state index in [1.807, 2.05) is 20.8 Å². The molecule has 6 atom stereocenters. The second-order valence-electron chi connectivity index (χ2n) is 10.6. The van der Waals surface area contributed by atoms with Gasteiger partial charge in [-0.2, -0.15) is 0 Å². The zero-order chi connectivity index (χ0) is 25.3. The zero-order valence-electron chi connectivity index (χ0n) is 21.4. The zero-order valence-corrected chi connectivity index (χ0v) is 21.4. The van der Waals surface area contributed by atoms with E-state index in [1.54, 1.807) is 22.8 Å². The van der Waals surface area contributed by atoms with Crippen molar-refractivity contribution >= 4 is 17.8 Å². The van der Waals surface area contributed by atoms with Crippen molar-refractivity contribution in [2.75, 3.05) is 26.3 Å². The van der Waals surface area contributed by atoms with Crippen LogP contribution in [-0.2, 0) is 23.9 Å². The minimum atomic E-state index is -1.10. The molecule has 8 heteroatoms. The predicted octanol–water partition coefficient (Wildman–Crippen LogP) is 2.54. The van der Waals surface area contributed by atoms with Crippen molar-refractivity contribution in [3.05, 3.63) is 12.7 Å². The van der Waals surface area contributed by atoms with Crippen molar-refractivity contribution in [2.24, 2.45) is 17.8 Å². The number of fused-ring (bicyclic) bond motifs is 1. The maximum Gasteiger partial charge on any atom is 0.312 e. The van der Waals surface area contributed by atoms with E-state index < -0.39 is 41.1 Å². The van der Waals surface area contributed by atoms with E-state index in [9.17, 15) is 19.5 Å². The van der Waals surface area contributed by atoms with Gasteiger partial charge in [0.1, 0.15) is 17.6 Å². The van der Waals surface area contributed by atoms with E-state index >= 15 is 0 Å². The quantitative estimate of drug-likeness (QED) is 0.342. The van der Waals surface area contributed by atoms with Gasteiger partial charge in [-0.05, 0) is 45.4 Å². The number of rotatable bonds is 12. The first-order chi connectivity index (χ1) is 16.1. The lowest BCUT2D eigenvalue weighted by Crippen LogP contribution is -2.59. The molecule has 34 heavy (non-hydrogen) atoms. The minimum absolute atomic E-state index is 0.194. The van der Waals surface area contributed by atoms with Crippen LogP contribution in [0.15, 0.2) is 12.7 Å². The molecule has 3 aliphatic rings. The summed E-state index contributed by atoms with van der Waals surface area (Å²) < 4.78 is 12.0. The van der Waals surface area contributed by atoms with Crippen LogP contribution >= 0.6 is 0 Å². The molecular formula is C26H42N2O6. The average molecular weight is 479 g/mol. The van der Waals surface area contributed by atoms with E-state index in [4.69, 9.17) is 9.47 Å². The Balaban J connectivity index is 2.11. The summed E-state index contributed by atoms with van der Waals surface area (Å²) in [5.74, 6) is -2.28. The second kappa shape index (κ2) is 10.4. The van der Waals surface area contributed by atoms with Gasteiger partial charge in [-0.25, -0.2) is 0 Å².